The van der Waals surface area contributed by atoms with E-state index in [1.165, 1.54) is 17.7 Å². The summed E-state index contributed by atoms with van der Waals surface area (Å²) in [5.74, 6) is 0.282. The zero-order chi connectivity index (χ0) is 19.2. The van der Waals surface area contributed by atoms with Crippen molar-refractivity contribution in [1.29, 1.82) is 5.41 Å². The number of nitrogens with one attached hydrogen (secondary N) is 2. The molecular formula is C17H21N7O2S. The fourth-order valence-corrected chi connectivity index (χ4v) is 3.47. The summed E-state index contributed by atoms with van der Waals surface area (Å²) in [5.41, 5.74) is 9.94. The molecule has 1 amide bonds. The molecular weight excluding hydrogens is 366 g/mol. The molecule has 3 rings (SSSR count). The number of nitrogens with two attached hydrogens (primary N) is 1. The molecule has 2 aromatic rings. The molecule has 2 atom stereocenters. The van der Waals surface area contributed by atoms with Crippen molar-refractivity contribution in [2.24, 2.45) is 5.10 Å². The van der Waals surface area contributed by atoms with Crippen LogP contribution in [0.4, 0.5) is 11.4 Å². The van der Waals surface area contributed by atoms with Gasteiger partial charge >= 0.3 is 0 Å². The summed E-state index contributed by atoms with van der Waals surface area (Å²) in [6.45, 7) is 2.46. The molecule has 4 N–H and O–H groups in total. The largest absolute Gasteiger partial charge is 0.472 e. The van der Waals surface area contributed by atoms with Gasteiger partial charge in [0.05, 0.1) is 18.4 Å². The third-order valence-electron chi connectivity index (χ3n) is 4.25. The Kier molecular flexibility index (Phi) is 5.97. The van der Waals surface area contributed by atoms with E-state index in [1.54, 1.807) is 28.6 Å². The highest BCUT2D eigenvalue weighted by Crippen LogP contribution is 2.26. The van der Waals surface area contributed by atoms with Crippen LogP contribution in [0.3, 0.4) is 0 Å². The van der Waals surface area contributed by atoms with Crippen molar-refractivity contribution in [3.63, 3.8) is 0 Å². The molecule has 1 saturated heterocycles. The quantitative estimate of drug-likeness (QED) is 0.515. The van der Waals surface area contributed by atoms with Crippen molar-refractivity contribution in [3.05, 3.63) is 29.4 Å². The number of anilines is 2. The number of carbonyl (C=O) groups excluding carboxylic acids is 1. The second kappa shape index (κ2) is 8.58. The molecule has 0 aromatic carbocycles. The summed E-state index contributed by atoms with van der Waals surface area (Å²) in [7, 11) is 0. The van der Waals surface area contributed by atoms with Crippen LogP contribution in [0.1, 0.15) is 30.3 Å². The second-order valence-electron chi connectivity index (χ2n) is 6.18. The van der Waals surface area contributed by atoms with E-state index in [4.69, 9.17) is 15.9 Å². The maximum Gasteiger partial charge on any atom is 0.276 e. The number of hydrazone groups is 1. The van der Waals surface area contributed by atoms with E-state index in [9.17, 15) is 4.79 Å². The van der Waals surface area contributed by atoms with Crippen LogP contribution < -0.4 is 15.9 Å². The maximum absolute atomic E-state index is 13.0. The minimum Gasteiger partial charge on any atom is -0.472 e. The van der Waals surface area contributed by atoms with Crippen LogP contribution in [0.15, 0.2) is 28.8 Å². The number of likely N-dealkylation sites (tertiary alicyclic amines) is 1. The van der Waals surface area contributed by atoms with Gasteiger partial charge in [-0.15, -0.1) is 0 Å². The Labute approximate surface area is 160 Å². The molecule has 0 unspecified atom stereocenters. The van der Waals surface area contributed by atoms with Gasteiger partial charge in [-0.3, -0.25) is 10.2 Å². The first kappa shape index (κ1) is 18.8. The van der Waals surface area contributed by atoms with E-state index >= 15 is 0 Å². The first-order valence-corrected chi connectivity index (χ1v) is 9.33. The number of pyridine rings is 1. The number of aromatic nitrogens is 2. The number of amides is 1. The first-order valence-electron chi connectivity index (χ1n) is 8.50. The van der Waals surface area contributed by atoms with E-state index < -0.39 is 0 Å². The van der Waals surface area contributed by atoms with Crippen LogP contribution in [0.25, 0.3) is 0 Å². The Bertz CT molecular complexity index is 838. The Morgan fingerprint density at radius 3 is 3.19 bits per heavy atom. The van der Waals surface area contributed by atoms with Crippen molar-refractivity contribution in [3.8, 4) is 5.88 Å². The van der Waals surface area contributed by atoms with Crippen molar-refractivity contribution in [1.82, 2.24) is 14.3 Å². The molecule has 0 bridgehead atoms. The van der Waals surface area contributed by atoms with Crippen LogP contribution >= 0.6 is 11.5 Å². The lowest BCUT2D eigenvalue weighted by Gasteiger charge is -2.37. The van der Waals surface area contributed by atoms with Crippen LogP contribution in [-0.2, 0) is 0 Å². The Hall–Kier alpha value is -3.01. The van der Waals surface area contributed by atoms with E-state index in [2.05, 4.69) is 19.9 Å². The lowest BCUT2D eigenvalue weighted by atomic mass is 10.0. The predicted molar refractivity (Wildman–Crippen MR) is 106 cm³/mol. The minimum atomic E-state index is -0.176. The summed E-state index contributed by atoms with van der Waals surface area (Å²) in [5, 5.41) is 12.5. The van der Waals surface area contributed by atoms with E-state index in [0.29, 0.717) is 29.5 Å². The smallest absolute Gasteiger partial charge is 0.276 e. The maximum atomic E-state index is 13.0. The highest BCUT2D eigenvalue weighted by Gasteiger charge is 2.33. The third-order valence-corrected chi connectivity index (χ3v) is 4.88. The second-order valence-corrected chi connectivity index (χ2v) is 6.81. The van der Waals surface area contributed by atoms with Gasteiger partial charge < -0.3 is 20.8 Å². The average Bonchev–Trinajstić information content (AvgIpc) is 3.11. The molecule has 1 aliphatic heterocycles. The van der Waals surface area contributed by atoms with Gasteiger partial charge in [0.1, 0.15) is 6.10 Å². The number of ether oxygens (including phenoxy) is 1. The van der Waals surface area contributed by atoms with E-state index in [0.717, 1.165) is 19.1 Å². The Balaban J connectivity index is 1.71. The standard InChI is InChI=1S/C17H21N7O2S/c1-11-2-3-13(26-15-8-12(19)4-6-20-15)9-24(11)17(25)16-14(10-27-23-16)22-21-7-5-18/h4-8,10-11,13,18,22H,2-3,9H2,1H3,(H2,19,20)/b18-5?,21-7-/t11-,13-/m1/s1. The van der Waals surface area contributed by atoms with Crippen molar-refractivity contribution in [2.75, 3.05) is 17.7 Å². The summed E-state index contributed by atoms with van der Waals surface area (Å²) >= 11 is 1.18. The fraction of sp³-hybridized carbons (Fsp3) is 0.353. The average molecular weight is 387 g/mol. The number of nitrogen functional groups attached to an aromatic ring is 1. The molecule has 10 heteroatoms. The highest BCUT2D eigenvalue weighted by atomic mass is 32.1. The molecule has 0 aliphatic carbocycles. The number of carbonyl (C=O) groups is 1. The summed E-state index contributed by atoms with van der Waals surface area (Å²) in [4.78, 5) is 19.0. The normalized spacial score (nSPS) is 19.8. The molecule has 9 nitrogen and oxygen atoms in total. The number of nitrogens with zero attached hydrogens (tertiary/aromatic N) is 4. The van der Waals surface area contributed by atoms with Crippen LogP contribution in [0.5, 0.6) is 5.88 Å². The predicted octanol–water partition coefficient (Wildman–Crippen LogP) is 2.24. The van der Waals surface area contributed by atoms with E-state index in [-0.39, 0.29) is 18.1 Å². The monoisotopic (exact) mass is 387 g/mol. The number of hydrogen-bond donors (Lipinski definition) is 3. The number of piperidine rings is 1. The zero-order valence-corrected chi connectivity index (χ0v) is 15.6. The van der Waals surface area contributed by atoms with Crippen LogP contribution in [0.2, 0.25) is 0 Å². The molecule has 0 saturated carbocycles. The molecule has 142 valence electrons. The van der Waals surface area contributed by atoms with Gasteiger partial charge in [0.2, 0.25) is 5.88 Å². The van der Waals surface area contributed by atoms with E-state index in [1.807, 2.05) is 6.92 Å². The number of rotatable bonds is 6. The SMILES string of the molecule is C[C@@H]1CC[C@@H](Oc2cc(N)ccn2)CN1C(=O)c1nscc1N/N=C\C=N. The van der Waals surface area contributed by atoms with Gasteiger partial charge in [0.25, 0.3) is 5.91 Å². The molecule has 1 aliphatic rings. The lowest BCUT2D eigenvalue weighted by molar-refractivity contribution is 0.0370. The van der Waals surface area contributed by atoms with Crippen molar-refractivity contribution < 1.29 is 9.53 Å². The Morgan fingerprint density at radius 1 is 1.56 bits per heavy atom. The van der Waals surface area contributed by atoms with Gasteiger partial charge in [0.15, 0.2) is 5.69 Å². The molecule has 3 heterocycles. The summed E-state index contributed by atoms with van der Waals surface area (Å²) in [6.07, 6.45) is 5.42. The minimum absolute atomic E-state index is 0.0748. The van der Waals surface area contributed by atoms with Gasteiger partial charge in [-0.25, -0.2) is 4.98 Å². The molecule has 0 spiro atoms. The van der Waals surface area contributed by atoms with Gasteiger partial charge in [0, 0.05) is 35.6 Å². The molecule has 0 radical (unpaired) electrons. The Morgan fingerprint density at radius 2 is 2.41 bits per heavy atom. The number of hydrogen-bond acceptors (Lipinski definition) is 9. The third kappa shape index (κ3) is 4.59. The van der Waals surface area contributed by atoms with Gasteiger partial charge in [-0.05, 0) is 37.4 Å². The zero-order valence-electron chi connectivity index (χ0n) is 14.8. The fourth-order valence-electron chi connectivity index (χ4n) is 2.86. The highest BCUT2D eigenvalue weighted by molar-refractivity contribution is 7.04. The van der Waals surface area contributed by atoms with Crippen molar-refractivity contribution >= 4 is 41.2 Å². The molecule has 1 fully saturated rings. The van der Waals surface area contributed by atoms with Gasteiger partial charge in [-0.1, -0.05) is 0 Å². The molecule has 2 aromatic heterocycles. The lowest BCUT2D eigenvalue weighted by Crippen LogP contribution is -2.49. The van der Waals surface area contributed by atoms with Gasteiger partial charge in [-0.2, -0.15) is 9.47 Å². The summed E-state index contributed by atoms with van der Waals surface area (Å²) < 4.78 is 10.1. The van der Waals surface area contributed by atoms with Crippen molar-refractivity contribution in [2.45, 2.75) is 31.9 Å². The topological polar surface area (TPSA) is 130 Å². The summed E-state index contributed by atoms with van der Waals surface area (Å²) in [6, 6.07) is 3.45. The van der Waals surface area contributed by atoms with Crippen LogP contribution in [-0.4, -0.2) is 51.3 Å². The van der Waals surface area contributed by atoms with Crippen LogP contribution in [0, 0.1) is 5.41 Å². The first-order chi connectivity index (χ1) is 13.1. The molecule has 27 heavy (non-hydrogen) atoms.